The Balaban J connectivity index is 1.62. The highest BCUT2D eigenvalue weighted by atomic mass is 79.9. The molecule has 4 unspecified atom stereocenters. The van der Waals surface area contributed by atoms with Crippen molar-refractivity contribution in [3.05, 3.63) is 85.5 Å². The summed E-state index contributed by atoms with van der Waals surface area (Å²) in [5.74, 6) is -2.02. The third-order valence-electron chi connectivity index (χ3n) is 9.82. The fourth-order valence-corrected chi connectivity index (χ4v) is 8.81. The lowest BCUT2D eigenvalue weighted by molar-refractivity contribution is -0.152. The molecule has 0 aromatic heterocycles. The first-order valence-electron chi connectivity index (χ1n) is 16.5. The summed E-state index contributed by atoms with van der Waals surface area (Å²) < 4.78 is 12.4. The van der Waals surface area contributed by atoms with Gasteiger partial charge in [-0.1, -0.05) is 71.8 Å². The molecule has 3 amide bonds. The minimum absolute atomic E-state index is 0.124. The molecule has 10 heteroatoms. The second-order valence-corrected chi connectivity index (χ2v) is 13.8. The molecule has 2 aromatic rings. The van der Waals surface area contributed by atoms with Crippen LogP contribution in [-0.2, 0) is 19.1 Å². The number of hydrogen-bond acceptors (Lipinski definition) is 6. The highest BCUT2D eigenvalue weighted by molar-refractivity contribution is 9.09. The molecule has 5 rings (SSSR count). The van der Waals surface area contributed by atoms with Gasteiger partial charge in [-0.15, -0.1) is 13.2 Å². The van der Waals surface area contributed by atoms with Crippen LogP contribution in [0.4, 0.5) is 5.69 Å². The molecule has 3 saturated heterocycles. The van der Waals surface area contributed by atoms with Crippen LogP contribution in [0.5, 0.6) is 5.75 Å². The van der Waals surface area contributed by atoms with Crippen LogP contribution in [0.2, 0.25) is 0 Å². The first kappa shape index (κ1) is 34.9. The molecule has 2 bridgehead atoms. The summed E-state index contributed by atoms with van der Waals surface area (Å²) in [7, 11) is 0. The monoisotopic (exact) mass is 707 g/mol. The summed E-state index contributed by atoms with van der Waals surface area (Å²) in [5, 5.41) is 10.8. The molecular formula is C37H46BrN3O6. The Kier molecular flexibility index (Phi) is 10.9. The Morgan fingerprint density at radius 2 is 1.79 bits per heavy atom. The maximum Gasteiger partial charge on any atom is 0.248 e. The molecular weight excluding hydrogens is 662 g/mol. The third kappa shape index (κ3) is 6.16. The van der Waals surface area contributed by atoms with Crippen LogP contribution in [0.15, 0.2) is 79.9 Å². The molecule has 9 nitrogen and oxygen atoms in total. The molecule has 47 heavy (non-hydrogen) atoms. The van der Waals surface area contributed by atoms with E-state index >= 15 is 0 Å². The normalized spacial score (nSPS) is 27.2. The molecule has 3 aliphatic rings. The summed E-state index contributed by atoms with van der Waals surface area (Å²) in [6.45, 7) is 14.4. The van der Waals surface area contributed by atoms with E-state index in [-0.39, 0.29) is 35.1 Å². The van der Waals surface area contributed by atoms with E-state index < -0.39 is 42.2 Å². The van der Waals surface area contributed by atoms with E-state index in [1.165, 1.54) is 4.90 Å². The van der Waals surface area contributed by atoms with Gasteiger partial charge in [0.15, 0.2) is 0 Å². The van der Waals surface area contributed by atoms with Crippen LogP contribution in [0.3, 0.4) is 0 Å². The van der Waals surface area contributed by atoms with Crippen LogP contribution >= 0.6 is 15.9 Å². The van der Waals surface area contributed by atoms with E-state index in [9.17, 15) is 19.5 Å². The highest BCUT2D eigenvalue weighted by Gasteiger charge is 2.77. The van der Waals surface area contributed by atoms with Gasteiger partial charge in [-0.05, 0) is 56.5 Å². The van der Waals surface area contributed by atoms with Crippen molar-refractivity contribution in [1.82, 2.24) is 9.80 Å². The van der Waals surface area contributed by atoms with Crippen LogP contribution in [-0.4, -0.2) is 87.5 Å². The maximum absolute atomic E-state index is 14.9. The second kappa shape index (κ2) is 14.7. The fourth-order valence-electron chi connectivity index (χ4n) is 7.87. The zero-order valence-electron chi connectivity index (χ0n) is 27.5. The van der Waals surface area contributed by atoms with Crippen molar-refractivity contribution >= 4 is 39.3 Å². The number of amides is 3. The lowest BCUT2D eigenvalue weighted by Crippen LogP contribution is -2.59. The van der Waals surface area contributed by atoms with Crippen molar-refractivity contribution < 1.29 is 29.0 Å². The molecule has 3 heterocycles. The lowest BCUT2D eigenvalue weighted by atomic mass is 9.70. The van der Waals surface area contributed by atoms with E-state index in [0.717, 1.165) is 12.8 Å². The highest BCUT2D eigenvalue weighted by Crippen LogP contribution is 2.61. The number of benzene rings is 2. The van der Waals surface area contributed by atoms with E-state index in [2.05, 4.69) is 36.0 Å². The molecule has 0 saturated carbocycles. The Bertz CT molecular complexity index is 1450. The Hall–Kier alpha value is -3.47. The zero-order chi connectivity index (χ0) is 33.9. The van der Waals surface area contributed by atoms with Gasteiger partial charge in [-0.25, -0.2) is 0 Å². The summed E-state index contributed by atoms with van der Waals surface area (Å²) >= 11 is 3.79. The molecule has 1 N–H and O–H groups in total. The predicted molar refractivity (Wildman–Crippen MR) is 185 cm³/mol. The van der Waals surface area contributed by atoms with E-state index in [4.69, 9.17) is 9.47 Å². The summed E-state index contributed by atoms with van der Waals surface area (Å²) in [4.78, 5) is 49.1. The van der Waals surface area contributed by atoms with Gasteiger partial charge in [0.05, 0.1) is 37.2 Å². The van der Waals surface area contributed by atoms with Gasteiger partial charge in [0.2, 0.25) is 17.7 Å². The number of alkyl halides is 1. The van der Waals surface area contributed by atoms with Crippen molar-refractivity contribution in [2.75, 3.05) is 31.2 Å². The van der Waals surface area contributed by atoms with Gasteiger partial charge >= 0.3 is 0 Å². The molecule has 3 aliphatic heterocycles. The molecule has 3 fully saturated rings. The fraction of sp³-hybridized carbons (Fsp3) is 0.486. The Labute approximate surface area is 286 Å². The third-order valence-corrected chi connectivity index (χ3v) is 10.7. The first-order chi connectivity index (χ1) is 22.7. The molecule has 0 aliphatic carbocycles. The Morgan fingerprint density at radius 1 is 1.11 bits per heavy atom. The average molecular weight is 709 g/mol. The van der Waals surface area contributed by atoms with E-state index in [1.54, 1.807) is 22.0 Å². The number of fused-ring (bicyclic) bond motifs is 1. The molecule has 8 atom stereocenters. The van der Waals surface area contributed by atoms with Crippen LogP contribution in [0, 0.1) is 11.8 Å². The smallest absolute Gasteiger partial charge is 0.248 e. The number of ether oxygens (including phenoxy) is 2. The minimum Gasteiger partial charge on any atom is -0.494 e. The summed E-state index contributed by atoms with van der Waals surface area (Å²) in [5.41, 5.74) is 0.0590. The van der Waals surface area contributed by atoms with Gasteiger partial charge in [-0.3, -0.25) is 14.4 Å². The standard InChI is InChI=1S/C37H46BrN3O6/c1-6-13-24(5)39(20-7-2)36(45)33-37-22-28(38)32(47-37)30(31(37)35(44)41(33)29(23-42)25-14-11-10-12-15-25)34(43)40(21-8-3)26-16-18-27(19-17-26)46-9-4/h7-8,10-12,14-19,24,28-33,42H,2-3,6,9,13,20-23H2,1,4-5H3/t24?,28?,29-,30+,31+,32+,33?,37?/m1/s1. The van der Waals surface area contributed by atoms with Crippen LogP contribution < -0.4 is 9.64 Å². The minimum atomic E-state index is -1.28. The number of carbonyl (C=O) groups is 3. The summed E-state index contributed by atoms with van der Waals surface area (Å²) in [6, 6.07) is 14.5. The second-order valence-electron chi connectivity index (χ2n) is 12.6. The van der Waals surface area contributed by atoms with Gasteiger partial charge < -0.3 is 29.3 Å². The van der Waals surface area contributed by atoms with E-state index in [0.29, 0.717) is 36.6 Å². The van der Waals surface area contributed by atoms with Gasteiger partial charge in [0.1, 0.15) is 17.4 Å². The number of nitrogens with zero attached hydrogens (tertiary/aromatic N) is 3. The first-order valence-corrected chi connectivity index (χ1v) is 17.5. The lowest BCUT2D eigenvalue weighted by Gasteiger charge is -2.41. The summed E-state index contributed by atoms with van der Waals surface area (Å²) in [6.07, 6.45) is 4.72. The van der Waals surface area contributed by atoms with Crippen molar-refractivity contribution in [2.45, 2.75) is 74.7 Å². The predicted octanol–water partition coefficient (Wildman–Crippen LogP) is 5.29. The number of hydrogen-bond donors (Lipinski definition) is 1. The van der Waals surface area contributed by atoms with Crippen LogP contribution in [0.1, 0.15) is 51.6 Å². The number of anilines is 1. The number of likely N-dealkylation sites (tertiary alicyclic amines) is 1. The Morgan fingerprint density at radius 3 is 2.38 bits per heavy atom. The maximum atomic E-state index is 14.9. The largest absolute Gasteiger partial charge is 0.494 e. The quantitative estimate of drug-likeness (QED) is 0.200. The van der Waals surface area contributed by atoms with Crippen molar-refractivity contribution in [3.8, 4) is 5.75 Å². The average Bonchev–Trinajstić information content (AvgIpc) is 3.67. The van der Waals surface area contributed by atoms with Crippen LogP contribution in [0.25, 0.3) is 0 Å². The number of rotatable bonds is 15. The number of carbonyl (C=O) groups excluding carboxylic acids is 3. The van der Waals surface area contributed by atoms with Crippen molar-refractivity contribution in [2.24, 2.45) is 11.8 Å². The van der Waals surface area contributed by atoms with Gasteiger partial charge in [0.25, 0.3) is 0 Å². The number of aliphatic hydroxyl groups excluding tert-OH is 1. The SMILES string of the molecule is C=CCN(C(=O)[C@H]1[C@H]2C(=O)N([C@H](CO)c3ccccc3)C(C(=O)N(CC=C)C(C)CCC)C23CC(Br)[C@@H]1O3)c1ccc(OCC)cc1. The topological polar surface area (TPSA) is 99.6 Å². The molecule has 2 aromatic carbocycles. The molecule has 1 spiro atoms. The zero-order valence-corrected chi connectivity index (χ0v) is 29.1. The molecule has 0 radical (unpaired) electrons. The van der Waals surface area contributed by atoms with Crippen molar-refractivity contribution in [1.29, 1.82) is 0 Å². The van der Waals surface area contributed by atoms with E-state index in [1.807, 2.05) is 68.4 Å². The van der Waals surface area contributed by atoms with Gasteiger partial charge in [0, 0.05) is 29.6 Å². The number of halogens is 1. The number of aliphatic hydroxyl groups is 1. The van der Waals surface area contributed by atoms with Crippen molar-refractivity contribution in [3.63, 3.8) is 0 Å². The van der Waals surface area contributed by atoms with Gasteiger partial charge in [-0.2, -0.15) is 0 Å². The molecule has 252 valence electrons.